The number of aromatic nitrogens is 1. The van der Waals surface area contributed by atoms with Crippen LogP contribution in [-0.4, -0.2) is 10.1 Å². The zero-order valence-electron chi connectivity index (χ0n) is 11.6. The minimum absolute atomic E-state index is 0.0794. The maximum absolute atomic E-state index is 13.3. The van der Waals surface area contributed by atoms with Gasteiger partial charge in [0.1, 0.15) is 5.75 Å². The number of fused-ring (bicyclic) bond motifs is 1. The maximum atomic E-state index is 13.3. The number of aromatic hydroxyl groups is 1. The lowest BCUT2D eigenvalue weighted by Gasteiger charge is -2.16. The van der Waals surface area contributed by atoms with Crippen LogP contribution in [0.1, 0.15) is 11.3 Å². The molecule has 0 amide bonds. The molecule has 0 saturated heterocycles. The Hall–Kier alpha value is -2.56. The van der Waals surface area contributed by atoms with Crippen molar-refractivity contribution in [1.82, 2.24) is 4.98 Å². The molecule has 0 spiro atoms. The molecule has 0 saturated carbocycles. The first-order valence-electron chi connectivity index (χ1n) is 6.64. The number of alkyl halides is 3. The summed E-state index contributed by atoms with van der Waals surface area (Å²) in [6.45, 7) is 1.57. The van der Waals surface area contributed by atoms with Crippen LogP contribution in [0.5, 0.6) is 5.75 Å². The van der Waals surface area contributed by atoms with Crippen LogP contribution in [0.4, 0.5) is 13.2 Å². The maximum Gasteiger partial charge on any atom is 0.417 e. The Labute approximate surface area is 124 Å². The highest BCUT2D eigenvalue weighted by atomic mass is 19.4. The van der Waals surface area contributed by atoms with Crippen LogP contribution in [0.3, 0.4) is 0 Å². The molecule has 1 N–H and O–H groups in total. The fourth-order valence-corrected chi connectivity index (χ4v) is 2.55. The molecule has 0 fully saturated rings. The van der Waals surface area contributed by atoms with E-state index in [9.17, 15) is 18.3 Å². The van der Waals surface area contributed by atoms with E-state index in [1.165, 1.54) is 12.1 Å². The minimum Gasteiger partial charge on any atom is -0.505 e. The second kappa shape index (κ2) is 5.02. The second-order valence-electron chi connectivity index (χ2n) is 4.98. The van der Waals surface area contributed by atoms with Crippen LogP contribution in [0, 0.1) is 6.92 Å². The zero-order chi connectivity index (χ0) is 15.9. The van der Waals surface area contributed by atoms with E-state index in [0.29, 0.717) is 11.3 Å². The van der Waals surface area contributed by atoms with Crippen molar-refractivity contribution in [1.29, 1.82) is 0 Å². The fraction of sp³-hybridized carbons (Fsp3) is 0.118. The molecule has 0 atom stereocenters. The topological polar surface area (TPSA) is 33.1 Å². The summed E-state index contributed by atoms with van der Waals surface area (Å²) in [6, 6.07) is 12.4. The van der Waals surface area contributed by atoms with Gasteiger partial charge in [-0.1, -0.05) is 36.4 Å². The van der Waals surface area contributed by atoms with E-state index < -0.39 is 11.7 Å². The van der Waals surface area contributed by atoms with Crippen LogP contribution in [0.25, 0.3) is 22.0 Å². The highest BCUT2D eigenvalue weighted by Gasteiger charge is 2.34. The summed E-state index contributed by atoms with van der Waals surface area (Å²) in [6.07, 6.45) is -4.52. The Morgan fingerprint density at radius 3 is 2.27 bits per heavy atom. The first kappa shape index (κ1) is 14.4. The quantitative estimate of drug-likeness (QED) is 0.691. The van der Waals surface area contributed by atoms with Gasteiger partial charge in [0.25, 0.3) is 0 Å². The molecule has 2 aromatic carbocycles. The monoisotopic (exact) mass is 303 g/mol. The summed E-state index contributed by atoms with van der Waals surface area (Å²) in [5.41, 5.74) is 0.393. The molecular formula is C17H12F3NO. The molecule has 0 aliphatic carbocycles. The summed E-state index contributed by atoms with van der Waals surface area (Å²) < 4.78 is 40.0. The van der Waals surface area contributed by atoms with E-state index in [2.05, 4.69) is 4.98 Å². The van der Waals surface area contributed by atoms with Gasteiger partial charge in [-0.15, -0.1) is 0 Å². The van der Waals surface area contributed by atoms with Crippen LogP contribution in [-0.2, 0) is 6.18 Å². The Bertz CT molecular complexity index is 842. The average Bonchev–Trinajstić information content (AvgIpc) is 2.48. The molecule has 0 aliphatic heterocycles. The molecule has 1 aromatic heterocycles. The molecule has 3 rings (SSSR count). The van der Waals surface area contributed by atoms with E-state index in [-0.39, 0.29) is 22.2 Å². The Morgan fingerprint density at radius 1 is 0.955 bits per heavy atom. The van der Waals surface area contributed by atoms with Crippen molar-refractivity contribution in [2.45, 2.75) is 13.1 Å². The number of benzene rings is 2. The van der Waals surface area contributed by atoms with E-state index in [0.717, 1.165) is 6.07 Å². The molecule has 0 aliphatic rings. The lowest BCUT2D eigenvalue weighted by molar-refractivity contribution is -0.136. The standard InChI is InChI=1S/C17H12F3NO/c1-10-16(22)14(11-6-3-2-4-7-11)15-12(17(18,19)20)8-5-9-13(15)21-10/h2-9,22H,1H3. The van der Waals surface area contributed by atoms with Crippen molar-refractivity contribution in [2.75, 3.05) is 0 Å². The number of rotatable bonds is 1. The number of pyridine rings is 1. The van der Waals surface area contributed by atoms with Gasteiger partial charge in [-0.2, -0.15) is 13.2 Å². The van der Waals surface area contributed by atoms with Gasteiger partial charge in [0.2, 0.25) is 0 Å². The lowest BCUT2D eigenvalue weighted by atomic mass is 9.95. The van der Waals surface area contributed by atoms with Gasteiger partial charge in [0.05, 0.1) is 16.8 Å². The third kappa shape index (κ3) is 2.28. The molecule has 22 heavy (non-hydrogen) atoms. The van der Waals surface area contributed by atoms with Crippen molar-refractivity contribution in [3.8, 4) is 16.9 Å². The smallest absolute Gasteiger partial charge is 0.417 e. The first-order valence-corrected chi connectivity index (χ1v) is 6.64. The van der Waals surface area contributed by atoms with Gasteiger partial charge in [0.15, 0.2) is 0 Å². The van der Waals surface area contributed by atoms with Gasteiger partial charge >= 0.3 is 6.18 Å². The molecule has 3 aromatic rings. The summed E-state index contributed by atoms with van der Waals surface area (Å²) in [5, 5.41) is 10.2. The summed E-state index contributed by atoms with van der Waals surface area (Å²) in [4.78, 5) is 4.09. The van der Waals surface area contributed by atoms with Crippen LogP contribution in [0.2, 0.25) is 0 Å². The van der Waals surface area contributed by atoms with Crippen molar-refractivity contribution in [3.05, 3.63) is 59.8 Å². The van der Waals surface area contributed by atoms with E-state index in [1.807, 2.05) is 0 Å². The van der Waals surface area contributed by atoms with Gasteiger partial charge in [-0.05, 0) is 24.6 Å². The summed E-state index contributed by atoms with van der Waals surface area (Å²) >= 11 is 0. The van der Waals surface area contributed by atoms with Gasteiger partial charge in [-0.25, -0.2) is 4.98 Å². The third-order valence-corrected chi connectivity index (χ3v) is 3.53. The number of hydrogen-bond acceptors (Lipinski definition) is 2. The number of aryl methyl sites for hydroxylation is 1. The zero-order valence-corrected chi connectivity index (χ0v) is 11.6. The van der Waals surface area contributed by atoms with E-state index >= 15 is 0 Å². The fourth-order valence-electron chi connectivity index (χ4n) is 2.55. The number of hydrogen-bond donors (Lipinski definition) is 1. The summed E-state index contributed by atoms with van der Waals surface area (Å²) in [7, 11) is 0. The predicted octanol–water partition coefficient (Wildman–Crippen LogP) is 4.93. The third-order valence-electron chi connectivity index (χ3n) is 3.53. The molecule has 0 bridgehead atoms. The Morgan fingerprint density at radius 2 is 1.64 bits per heavy atom. The Balaban J connectivity index is 2.51. The highest BCUT2D eigenvalue weighted by molar-refractivity contribution is 6.00. The van der Waals surface area contributed by atoms with Gasteiger partial charge < -0.3 is 5.11 Å². The van der Waals surface area contributed by atoms with E-state index in [4.69, 9.17) is 0 Å². The lowest BCUT2D eigenvalue weighted by Crippen LogP contribution is -2.07. The number of halogens is 3. The highest BCUT2D eigenvalue weighted by Crippen LogP contribution is 2.43. The molecule has 2 nitrogen and oxygen atoms in total. The first-order chi connectivity index (χ1) is 10.4. The molecule has 0 unspecified atom stereocenters. The van der Waals surface area contributed by atoms with E-state index in [1.54, 1.807) is 37.3 Å². The van der Waals surface area contributed by atoms with Gasteiger partial charge in [-0.3, -0.25) is 0 Å². The van der Waals surface area contributed by atoms with Gasteiger partial charge in [0, 0.05) is 10.9 Å². The second-order valence-corrected chi connectivity index (χ2v) is 4.98. The minimum atomic E-state index is -4.52. The predicted molar refractivity (Wildman–Crippen MR) is 78.6 cm³/mol. The van der Waals surface area contributed by atoms with Crippen molar-refractivity contribution >= 4 is 10.9 Å². The molecule has 1 heterocycles. The van der Waals surface area contributed by atoms with Crippen LogP contribution < -0.4 is 0 Å². The Kier molecular flexibility index (Phi) is 3.28. The molecule has 0 radical (unpaired) electrons. The largest absolute Gasteiger partial charge is 0.505 e. The van der Waals surface area contributed by atoms with Crippen molar-refractivity contribution < 1.29 is 18.3 Å². The molecule has 5 heteroatoms. The normalized spacial score (nSPS) is 11.8. The average molecular weight is 303 g/mol. The SMILES string of the molecule is Cc1nc2cccc(C(F)(F)F)c2c(-c2ccccc2)c1O. The van der Waals surface area contributed by atoms with Crippen molar-refractivity contribution in [3.63, 3.8) is 0 Å². The van der Waals surface area contributed by atoms with Crippen molar-refractivity contribution in [2.24, 2.45) is 0 Å². The van der Waals surface area contributed by atoms with Crippen LogP contribution in [0.15, 0.2) is 48.5 Å². The summed E-state index contributed by atoms with van der Waals surface area (Å²) in [5.74, 6) is -0.226. The molecule has 112 valence electrons. The number of nitrogens with zero attached hydrogens (tertiary/aromatic N) is 1. The van der Waals surface area contributed by atoms with Crippen LogP contribution >= 0.6 is 0 Å². The molecular weight excluding hydrogens is 291 g/mol.